The fourth-order valence-electron chi connectivity index (χ4n) is 4.06. The van der Waals surface area contributed by atoms with E-state index in [0.717, 1.165) is 9.69 Å². The molecule has 8 nitrogen and oxygen atoms in total. The molecule has 0 unspecified atom stereocenters. The average molecular weight is 480 g/mol. The van der Waals surface area contributed by atoms with E-state index < -0.39 is 10.0 Å². The number of rotatable bonds is 7. The van der Waals surface area contributed by atoms with Gasteiger partial charge in [0.2, 0.25) is 15.9 Å². The molecule has 1 heterocycles. The van der Waals surface area contributed by atoms with E-state index in [0.29, 0.717) is 27.8 Å². The van der Waals surface area contributed by atoms with Gasteiger partial charge in [-0.05, 0) is 48.6 Å². The van der Waals surface area contributed by atoms with Gasteiger partial charge in [0.25, 0.3) is 11.8 Å². The first-order valence-corrected chi connectivity index (χ1v) is 12.3. The summed E-state index contributed by atoms with van der Waals surface area (Å²) in [4.78, 5) is 39.7. The summed E-state index contributed by atoms with van der Waals surface area (Å²) < 4.78 is 26.1. The van der Waals surface area contributed by atoms with Gasteiger partial charge in [0.15, 0.2) is 0 Å². The fraction of sp³-hybridized carbons (Fsp3) is 0.240. The molecule has 9 heteroatoms. The third-order valence-corrected chi connectivity index (χ3v) is 7.83. The quantitative estimate of drug-likeness (QED) is 0.523. The second kappa shape index (κ2) is 9.00. The molecule has 0 saturated carbocycles. The van der Waals surface area contributed by atoms with E-state index in [1.54, 1.807) is 43.3 Å². The number of nitrogens with one attached hydrogen (secondary N) is 1. The van der Waals surface area contributed by atoms with Crippen molar-refractivity contribution in [3.63, 3.8) is 0 Å². The highest BCUT2D eigenvalue weighted by Crippen LogP contribution is 2.30. The largest absolute Gasteiger partial charge is 0.326 e. The van der Waals surface area contributed by atoms with Crippen molar-refractivity contribution in [1.29, 1.82) is 0 Å². The molecule has 0 aromatic heterocycles. The van der Waals surface area contributed by atoms with Gasteiger partial charge in [-0.3, -0.25) is 19.3 Å². The highest BCUT2D eigenvalue weighted by molar-refractivity contribution is 7.89. The van der Waals surface area contributed by atoms with Crippen LogP contribution in [0.3, 0.4) is 0 Å². The highest BCUT2D eigenvalue weighted by Gasteiger charge is 2.32. The Morgan fingerprint density at radius 1 is 0.971 bits per heavy atom. The number of carbonyl (C=O) groups excluding carboxylic acids is 3. The summed E-state index contributed by atoms with van der Waals surface area (Å²) in [5.74, 6) is -1.07. The van der Waals surface area contributed by atoms with E-state index >= 15 is 0 Å². The molecule has 3 aromatic rings. The van der Waals surface area contributed by atoms with Crippen molar-refractivity contribution in [1.82, 2.24) is 9.21 Å². The maximum absolute atomic E-state index is 12.9. The van der Waals surface area contributed by atoms with E-state index in [2.05, 4.69) is 5.32 Å². The summed E-state index contributed by atoms with van der Waals surface area (Å²) in [6.45, 7) is 1.79. The molecule has 1 aliphatic rings. The van der Waals surface area contributed by atoms with Gasteiger partial charge in [-0.25, -0.2) is 12.7 Å². The minimum atomic E-state index is -3.65. The summed E-state index contributed by atoms with van der Waals surface area (Å²) in [6.07, 6.45) is 0.336. The molecule has 3 aromatic carbocycles. The summed E-state index contributed by atoms with van der Waals surface area (Å²) >= 11 is 0. The number of carbonyl (C=O) groups is 3. The standard InChI is InChI=1S/C25H25N3O5S/c1-16-12-13-18(15-21(16)34(32,33)27(2)3)26-22(29)11-6-14-28-24(30)19-9-4-7-17-8-5-10-20(23(17)19)25(28)31/h4-5,7-10,12-13,15H,6,11,14H2,1-3H3,(H,26,29). The topological polar surface area (TPSA) is 104 Å². The van der Waals surface area contributed by atoms with Crippen molar-refractivity contribution in [3.05, 3.63) is 71.3 Å². The van der Waals surface area contributed by atoms with Crippen LogP contribution in [0.2, 0.25) is 0 Å². The number of hydrogen-bond donors (Lipinski definition) is 1. The summed E-state index contributed by atoms with van der Waals surface area (Å²) in [6, 6.07) is 15.4. The van der Waals surface area contributed by atoms with E-state index in [1.807, 2.05) is 12.1 Å². The zero-order valence-electron chi connectivity index (χ0n) is 19.2. The molecule has 3 amide bonds. The van der Waals surface area contributed by atoms with Crippen LogP contribution < -0.4 is 5.32 Å². The monoisotopic (exact) mass is 479 g/mol. The van der Waals surface area contributed by atoms with Crippen LogP contribution in [0, 0.1) is 6.92 Å². The Kier molecular flexibility index (Phi) is 6.24. The van der Waals surface area contributed by atoms with Gasteiger partial charge in [0.05, 0.1) is 4.90 Å². The zero-order chi connectivity index (χ0) is 24.6. The van der Waals surface area contributed by atoms with Crippen molar-refractivity contribution in [3.8, 4) is 0 Å². The maximum Gasteiger partial charge on any atom is 0.261 e. The average Bonchev–Trinajstić information content (AvgIpc) is 2.80. The van der Waals surface area contributed by atoms with Crippen LogP contribution in [0.4, 0.5) is 5.69 Å². The zero-order valence-corrected chi connectivity index (χ0v) is 20.0. The van der Waals surface area contributed by atoms with Gasteiger partial charge in [0.1, 0.15) is 0 Å². The smallest absolute Gasteiger partial charge is 0.261 e. The minimum absolute atomic E-state index is 0.0621. The number of anilines is 1. The number of hydrogen-bond acceptors (Lipinski definition) is 5. The number of aryl methyl sites for hydroxylation is 1. The summed E-state index contributed by atoms with van der Waals surface area (Å²) in [7, 11) is -0.757. The SMILES string of the molecule is Cc1ccc(NC(=O)CCCN2C(=O)c3cccc4cccc(c34)C2=O)cc1S(=O)(=O)N(C)C. The van der Waals surface area contributed by atoms with Crippen LogP contribution in [0.25, 0.3) is 10.8 Å². The molecule has 0 spiro atoms. The molecule has 0 atom stereocenters. The molecule has 1 aliphatic heterocycles. The maximum atomic E-state index is 12.9. The molecular formula is C25H25N3O5S. The third kappa shape index (κ3) is 4.20. The van der Waals surface area contributed by atoms with Crippen LogP contribution in [0.5, 0.6) is 0 Å². The van der Waals surface area contributed by atoms with Crippen LogP contribution in [0.15, 0.2) is 59.5 Å². The van der Waals surface area contributed by atoms with Gasteiger partial charge in [0, 0.05) is 49.3 Å². The Morgan fingerprint density at radius 2 is 1.59 bits per heavy atom. The van der Waals surface area contributed by atoms with Crippen molar-refractivity contribution < 1.29 is 22.8 Å². The predicted molar refractivity (Wildman–Crippen MR) is 129 cm³/mol. The molecule has 176 valence electrons. The lowest BCUT2D eigenvalue weighted by atomic mass is 9.94. The molecule has 4 rings (SSSR count). The Hall–Kier alpha value is -3.56. The summed E-state index contributed by atoms with van der Waals surface area (Å²) in [5, 5.41) is 4.20. The van der Waals surface area contributed by atoms with E-state index in [9.17, 15) is 22.8 Å². The van der Waals surface area contributed by atoms with Crippen molar-refractivity contribution in [2.45, 2.75) is 24.7 Å². The molecule has 0 radical (unpaired) electrons. The predicted octanol–water partition coefficient (Wildman–Crippen LogP) is 3.41. The van der Waals surface area contributed by atoms with E-state index in [-0.39, 0.29) is 42.0 Å². The highest BCUT2D eigenvalue weighted by atomic mass is 32.2. The number of benzene rings is 3. The lowest BCUT2D eigenvalue weighted by Crippen LogP contribution is -2.41. The summed E-state index contributed by atoms with van der Waals surface area (Å²) in [5.41, 5.74) is 1.89. The van der Waals surface area contributed by atoms with Gasteiger partial charge in [-0.1, -0.05) is 30.3 Å². The molecule has 34 heavy (non-hydrogen) atoms. The Balaban J connectivity index is 1.42. The molecule has 0 aliphatic carbocycles. The van der Waals surface area contributed by atoms with Crippen molar-refractivity contribution in [2.24, 2.45) is 0 Å². The normalized spacial score (nSPS) is 13.6. The molecule has 0 fully saturated rings. The van der Waals surface area contributed by atoms with Crippen molar-refractivity contribution >= 4 is 44.2 Å². The Labute approximate surface area is 198 Å². The first-order chi connectivity index (χ1) is 16.1. The number of amides is 3. The molecule has 0 bridgehead atoms. The first kappa shape index (κ1) is 23.6. The van der Waals surface area contributed by atoms with E-state index in [1.165, 1.54) is 25.1 Å². The Bertz CT molecular complexity index is 1380. The first-order valence-electron chi connectivity index (χ1n) is 10.8. The van der Waals surface area contributed by atoms with Gasteiger partial charge in [-0.2, -0.15) is 0 Å². The lowest BCUT2D eigenvalue weighted by molar-refractivity contribution is -0.116. The van der Waals surface area contributed by atoms with Gasteiger partial charge >= 0.3 is 0 Å². The number of sulfonamides is 1. The number of imide groups is 1. The van der Waals surface area contributed by atoms with Crippen LogP contribution in [-0.4, -0.2) is 56.0 Å². The van der Waals surface area contributed by atoms with E-state index in [4.69, 9.17) is 0 Å². The van der Waals surface area contributed by atoms with Crippen LogP contribution >= 0.6 is 0 Å². The number of nitrogens with zero attached hydrogens (tertiary/aromatic N) is 2. The second-order valence-electron chi connectivity index (χ2n) is 8.39. The van der Waals surface area contributed by atoms with Crippen molar-refractivity contribution in [2.75, 3.05) is 26.0 Å². The van der Waals surface area contributed by atoms with Gasteiger partial charge in [-0.15, -0.1) is 0 Å². The molecule has 0 saturated heterocycles. The Morgan fingerprint density at radius 3 is 2.18 bits per heavy atom. The third-order valence-electron chi connectivity index (χ3n) is 5.87. The van der Waals surface area contributed by atoms with Gasteiger partial charge < -0.3 is 5.32 Å². The van der Waals surface area contributed by atoms with Crippen LogP contribution in [-0.2, 0) is 14.8 Å². The fourth-order valence-corrected chi connectivity index (χ4v) is 5.20. The molecular weight excluding hydrogens is 454 g/mol. The second-order valence-corrected chi connectivity index (χ2v) is 10.5. The minimum Gasteiger partial charge on any atom is -0.326 e. The molecule has 1 N–H and O–H groups in total. The van der Waals surface area contributed by atoms with Crippen LogP contribution in [0.1, 0.15) is 39.1 Å². The lowest BCUT2D eigenvalue weighted by Gasteiger charge is -2.27.